The van der Waals surface area contributed by atoms with Crippen molar-refractivity contribution in [1.82, 2.24) is 9.55 Å². The van der Waals surface area contributed by atoms with Crippen molar-refractivity contribution in [2.75, 3.05) is 11.9 Å². The molecule has 5 heteroatoms. The average Bonchev–Trinajstić information content (AvgIpc) is 3.45. The third-order valence-corrected chi connectivity index (χ3v) is 4.74. The number of nitrogens with one attached hydrogen (secondary N) is 1. The molecule has 1 aliphatic carbocycles. The van der Waals surface area contributed by atoms with Crippen LogP contribution in [0.15, 0.2) is 47.3 Å². The largest absolute Gasteiger partial charge is 0.358 e. The number of halogens is 1. The minimum absolute atomic E-state index is 0.308. The van der Waals surface area contributed by atoms with E-state index < -0.39 is 0 Å². The number of hydrogen-bond acceptors (Lipinski definition) is 3. The van der Waals surface area contributed by atoms with Crippen LogP contribution in [0.1, 0.15) is 24.3 Å². The summed E-state index contributed by atoms with van der Waals surface area (Å²) in [4.78, 5) is 17.0. The topological polar surface area (TPSA) is 46.9 Å². The Labute approximate surface area is 150 Å². The van der Waals surface area contributed by atoms with Crippen LogP contribution in [0.2, 0.25) is 5.02 Å². The minimum Gasteiger partial charge on any atom is -0.358 e. The van der Waals surface area contributed by atoms with Crippen molar-refractivity contribution in [3.63, 3.8) is 0 Å². The lowest BCUT2D eigenvalue weighted by Gasteiger charge is -2.15. The number of benzene rings is 2. The maximum atomic E-state index is 12.8. The molecule has 0 spiro atoms. The summed E-state index contributed by atoms with van der Waals surface area (Å²) in [6.07, 6.45) is 7.71. The number of terminal acetylenes is 1. The smallest absolute Gasteiger partial charge is 0.354 e. The first-order valence-electron chi connectivity index (χ1n) is 8.18. The molecule has 2 aromatic carbocycles. The third-order valence-electron chi connectivity index (χ3n) is 4.42. The summed E-state index contributed by atoms with van der Waals surface area (Å²) in [6.45, 7) is 0.308. The first-order chi connectivity index (χ1) is 12.2. The van der Waals surface area contributed by atoms with Crippen LogP contribution < -0.4 is 11.0 Å². The molecular weight excluding hydrogens is 334 g/mol. The highest BCUT2D eigenvalue weighted by atomic mass is 35.5. The van der Waals surface area contributed by atoms with Crippen LogP contribution in [-0.4, -0.2) is 16.1 Å². The number of fused-ring (bicyclic) bond motifs is 1. The molecule has 1 saturated carbocycles. The van der Waals surface area contributed by atoms with Gasteiger partial charge in [-0.2, -0.15) is 4.98 Å². The van der Waals surface area contributed by atoms with Gasteiger partial charge in [-0.1, -0.05) is 35.7 Å². The zero-order chi connectivity index (χ0) is 17.4. The van der Waals surface area contributed by atoms with Crippen molar-refractivity contribution in [3.8, 4) is 18.0 Å². The Bertz CT molecular complexity index is 1060. The van der Waals surface area contributed by atoms with Crippen LogP contribution in [0.25, 0.3) is 16.6 Å². The lowest BCUT2D eigenvalue weighted by molar-refractivity contribution is 0.956. The molecule has 0 amide bonds. The summed E-state index contributed by atoms with van der Waals surface area (Å²) >= 11 is 6.34. The van der Waals surface area contributed by atoms with Gasteiger partial charge in [-0.3, -0.25) is 4.57 Å². The molecular formula is C20H16ClN3O. The molecule has 1 aromatic heterocycles. The van der Waals surface area contributed by atoms with E-state index in [-0.39, 0.29) is 5.69 Å². The summed E-state index contributed by atoms with van der Waals surface area (Å²) in [5.41, 5.74) is 2.27. The second kappa shape index (κ2) is 6.27. The van der Waals surface area contributed by atoms with Gasteiger partial charge in [-0.25, -0.2) is 4.79 Å². The highest BCUT2D eigenvalue weighted by molar-refractivity contribution is 6.32. The quantitative estimate of drug-likeness (QED) is 0.725. The second-order valence-electron chi connectivity index (χ2n) is 6.14. The van der Waals surface area contributed by atoms with Crippen molar-refractivity contribution < 1.29 is 0 Å². The van der Waals surface area contributed by atoms with Gasteiger partial charge in [0.1, 0.15) is 5.82 Å². The Hall–Kier alpha value is -2.77. The molecule has 1 fully saturated rings. The molecule has 3 aromatic rings. The van der Waals surface area contributed by atoms with Crippen LogP contribution in [0.4, 0.5) is 5.82 Å². The Morgan fingerprint density at radius 1 is 1.28 bits per heavy atom. The summed E-state index contributed by atoms with van der Waals surface area (Å²) in [6, 6.07) is 13.5. The van der Waals surface area contributed by atoms with Crippen LogP contribution in [0, 0.1) is 12.3 Å². The van der Waals surface area contributed by atoms with Gasteiger partial charge < -0.3 is 5.32 Å². The van der Waals surface area contributed by atoms with Crippen molar-refractivity contribution in [3.05, 3.63) is 63.5 Å². The standard InChI is InChI=1S/C20H16ClN3O/c1-2-11-22-19-15-10-9-14(13-7-8-13)12-18(15)24(20(25)23-19)17-6-4-3-5-16(17)21/h1,3-6,9-10,12-13H,7-8,11H2,(H,22,23,25). The Balaban J connectivity index is 2.02. The number of anilines is 1. The van der Waals surface area contributed by atoms with Gasteiger partial charge in [0.2, 0.25) is 0 Å². The van der Waals surface area contributed by atoms with E-state index in [4.69, 9.17) is 18.0 Å². The molecule has 25 heavy (non-hydrogen) atoms. The molecule has 1 N–H and O–H groups in total. The molecule has 4 rings (SSSR count). The second-order valence-corrected chi connectivity index (χ2v) is 6.55. The van der Waals surface area contributed by atoms with E-state index in [0.717, 1.165) is 10.9 Å². The van der Waals surface area contributed by atoms with Gasteiger partial charge in [-0.15, -0.1) is 6.42 Å². The third kappa shape index (κ3) is 2.88. The molecule has 0 bridgehead atoms. The average molecular weight is 350 g/mol. The van der Waals surface area contributed by atoms with E-state index in [1.54, 1.807) is 10.6 Å². The van der Waals surface area contributed by atoms with Crippen molar-refractivity contribution in [1.29, 1.82) is 0 Å². The van der Waals surface area contributed by atoms with Crippen LogP contribution in [-0.2, 0) is 0 Å². The molecule has 0 saturated heterocycles. The van der Waals surface area contributed by atoms with E-state index in [2.05, 4.69) is 28.4 Å². The van der Waals surface area contributed by atoms with Crippen LogP contribution >= 0.6 is 11.6 Å². The van der Waals surface area contributed by atoms with Crippen molar-refractivity contribution in [2.24, 2.45) is 0 Å². The first-order valence-corrected chi connectivity index (χ1v) is 8.56. The maximum Gasteiger partial charge on any atom is 0.354 e. The van der Waals surface area contributed by atoms with Gasteiger partial charge in [0, 0.05) is 5.39 Å². The number of hydrogen-bond donors (Lipinski definition) is 1. The van der Waals surface area contributed by atoms with E-state index >= 15 is 0 Å². The molecule has 0 atom stereocenters. The van der Waals surface area contributed by atoms with Crippen molar-refractivity contribution >= 4 is 28.3 Å². The summed E-state index contributed by atoms with van der Waals surface area (Å²) in [5.74, 6) is 3.60. The molecule has 1 heterocycles. The monoisotopic (exact) mass is 349 g/mol. The van der Waals surface area contributed by atoms with Crippen molar-refractivity contribution in [2.45, 2.75) is 18.8 Å². The Morgan fingerprint density at radius 3 is 2.80 bits per heavy atom. The van der Waals surface area contributed by atoms with E-state index in [1.807, 2.05) is 24.3 Å². The SMILES string of the molecule is C#CCNc1nc(=O)n(-c2ccccc2Cl)c2cc(C3CC3)ccc12. The molecule has 4 nitrogen and oxygen atoms in total. The van der Waals surface area contributed by atoms with Gasteiger partial charge in [0.15, 0.2) is 0 Å². The first kappa shape index (κ1) is 15.7. The van der Waals surface area contributed by atoms with E-state index in [9.17, 15) is 4.79 Å². The van der Waals surface area contributed by atoms with Gasteiger partial charge in [0.05, 0.1) is 22.8 Å². The summed E-state index contributed by atoms with van der Waals surface area (Å²) in [7, 11) is 0. The Kier molecular flexibility index (Phi) is 3.95. The highest BCUT2D eigenvalue weighted by Crippen LogP contribution is 2.41. The van der Waals surface area contributed by atoms with Gasteiger partial charge >= 0.3 is 5.69 Å². The van der Waals surface area contributed by atoms with E-state index in [0.29, 0.717) is 29.0 Å². The fourth-order valence-electron chi connectivity index (χ4n) is 3.05. The normalized spacial score (nSPS) is 13.6. The fraction of sp³-hybridized carbons (Fsp3) is 0.200. The number of para-hydroxylation sites is 1. The predicted molar refractivity (Wildman–Crippen MR) is 102 cm³/mol. The van der Waals surface area contributed by atoms with Crippen LogP contribution in [0.5, 0.6) is 0 Å². The minimum atomic E-state index is -0.381. The van der Waals surface area contributed by atoms with Gasteiger partial charge in [-0.05, 0) is 48.6 Å². The predicted octanol–water partition coefficient (Wildman–Crippen LogP) is 3.96. The lowest BCUT2D eigenvalue weighted by atomic mass is 10.1. The summed E-state index contributed by atoms with van der Waals surface area (Å²) in [5, 5.41) is 4.40. The van der Waals surface area contributed by atoms with E-state index in [1.165, 1.54) is 18.4 Å². The maximum absolute atomic E-state index is 12.8. The molecule has 1 aliphatic rings. The van der Waals surface area contributed by atoms with Crippen LogP contribution in [0.3, 0.4) is 0 Å². The fourth-order valence-corrected chi connectivity index (χ4v) is 3.27. The van der Waals surface area contributed by atoms with Gasteiger partial charge in [0.25, 0.3) is 0 Å². The number of aromatic nitrogens is 2. The zero-order valence-electron chi connectivity index (χ0n) is 13.5. The molecule has 0 radical (unpaired) electrons. The molecule has 0 unspecified atom stereocenters. The molecule has 0 aliphatic heterocycles. The number of rotatable bonds is 4. The number of nitrogens with zero attached hydrogens (tertiary/aromatic N) is 2. The zero-order valence-corrected chi connectivity index (χ0v) is 14.3. The molecule has 124 valence electrons. The lowest BCUT2D eigenvalue weighted by Crippen LogP contribution is -2.24. The summed E-state index contributed by atoms with van der Waals surface area (Å²) < 4.78 is 1.57. The Morgan fingerprint density at radius 2 is 2.08 bits per heavy atom. The highest BCUT2D eigenvalue weighted by Gasteiger charge is 2.24.